The topological polar surface area (TPSA) is 4.93 Å². The van der Waals surface area contributed by atoms with Crippen molar-refractivity contribution >= 4 is 10.9 Å². The molecule has 0 atom stereocenters. The van der Waals surface area contributed by atoms with Crippen LogP contribution in [0.4, 0.5) is 0 Å². The van der Waals surface area contributed by atoms with Gasteiger partial charge in [-0.1, -0.05) is 80.4 Å². The first kappa shape index (κ1) is 16.0. The first-order chi connectivity index (χ1) is 13.1. The second-order valence-corrected chi connectivity index (χ2v) is 7.86. The number of nitrogens with zero attached hydrogens (tertiary/aromatic N) is 1. The van der Waals surface area contributed by atoms with Crippen LogP contribution in [-0.4, -0.2) is 4.57 Å². The summed E-state index contributed by atoms with van der Waals surface area (Å²) in [6, 6.07) is 23.8. The molecule has 4 aromatic rings. The number of terminal acetylenes is 1. The zero-order valence-corrected chi connectivity index (χ0v) is 15.9. The molecule has 0 fully saturated rings. The van der Waals surface area contributed by atoms with Crippen LogP contribution in [0, 0.1) is 19.3 Å². The summed E-state index contributed by atoms with van der Waals surface area (Å²) in [5.74, 6) is 3.01. The summed E-state index contributed by atoms with van der Waals surface area (Å²) in [5.41, 5.74) is 9.60. The monoisotopic (exact) mass is 347 g/mol. The van der Waals surface area contributed by atoms with Crippen LogP contribution in [0.5, 0.6) is 0 Å². The number of aromatic nitrogens is 1. The van der Waals surface area contributed by atoms with E-state index < -0.39 is 0 Å². The lowest BCUT2D eigenvalue weighted by molar-refractivity contribution is 0.629. The number of hydrogen-bond acceptors (Lipinski definition) is 0. The standard InChI is InChI=1S/C26H21N/c1-5-18-20-13-10-15-22-25(20)27(24(18)19-12-7-6-11-17(19)2)23-16-9-8-14-21(23)26(22,3)4/h1,6-16H,2-4H3. The molecular weight excluding hydrogens is 326 g/mol. The van der Waals surface area contributed by atoms with Crippen molar-refractivity contribution in [2.45, 2.75) is 26.2 Å². The number of benzene rings is 3. The molecule has 0 amide bonds. The van der Waals surface area contributed by atoms with Crippen molar-refractivity contribution in [3.05, 3.63) is 89.0 Å². The molecule has 3 aromatic carbocycles. The molecule has 0 N–H and O–H groups in total. The molecule has 27 heavy (non-hydrogen) atoms. The molecule has 5 rings (SSSR count). The molecule has 2 heterocycles. The van der Waals surface area contributed by atoms with Gasteiger partial charge in [0.1, 0.15) is 0 Å². The molecule has 0 unspecified atom stereocenters. The van der Waals surface area contributed by atoms with E-state index in [-0.39, 0.29) is 5.41 Å². The average Bonchev–Trinajstić information content (AvgIpc) is 3.01. The van der Waals surface area contributed by atoms with Gasteiger partial charge >= 0.3 is 0 Å². The van der Waals surface area contributed by atoms with E-state index in [1.165, 1.54) is 33.5 Å². The molecule has 0 bridgehead atoms. The number of hydrogen-bond donors (Lipinski definition) is 0. The fourth-order valence-electron chi connectivity index (χ4n) is 4.66. The van der Waals surface area contributed by atoms with Crippen molar-refractivity contribution in [1.82, 2.24) is 4.57 Å². The van der Waals surface area contributed by atoms with Gasteiger partial charge in [-0.15, -0.1) is 6.42 Å². The van der Waals surface area contributed by atoms with Gasteiger partial charge in [0.15, 0.2) is 0 Å². The Morgan fingerprint density at radius 1 is 0.852 bits per heavy atom. The molecular formula is C26H21N. The van der Waals surface area contributed by atoms with Crippen molar-refractivity contribution in [2.24, 2.45) is 0 Å². The fourth-order valence-corrected chi connectivity index (χ4v) is 4.66. The molecule has 1 aromatic heterocycles. The summed E-state index contributed by atoms with van der Waals surface area (Å²) in [5, 5.41) is 1.16. The molecule has 1 aliphatic heterocycles. The van der Waals surface area contributed by atoms with E-state index in [0.717, 1.165) is 16.6 Å². The van der Waals surface area contributed by atoms with Gasteiger partial charge < -0.3 is 4.57 Å². The minimum atomic E-state index is -0.0701. The normalized spacial score (nSPS) is 14.0. The largest absolute Gasteiger partial charge is 0.307 e. The summed E-state index contributed by atoms with van der Waals surface area (Å²) >= 11 is 0. The van der Waals surface area contributed by atoms with Gasteiger partial charge in [0, 0.05) is 16.4 Å². The Morgan fingerprint density at radius 2 is 1.56 bits per heavy atom. The molecule has 0 radical (unpaired) electrons. The van der Waals surface area contributed by atoms with Crippen LogP contribution in [0.1, 0.15) is 36.1 Å². The van der Waals surface area contributed by atoms with E-state index in [2.05, 4.69) is 98.0 Å². The first-order valence-corrected chi connectivity index (χ1v) is 9.36. The Labute approximate surface area is 160 Å². The molecule has 0 spiro atoms. The second-order valence-electron chi connectivity index (χ2n) is 7.86. The Morgan fingerprint density at radius 3 is 2.33 bits per heavy atom. The van der Waals surface area contributed by atoms with Crippen molar-refractivity contribution < 1.29 is 0 Å². The molecule has 130 valence electrons. The number of rotatable bonds is 1. The van der Waals surface area contributed by atoms with Gasteiger partial charge in [-0.2, -0.15) is 0 Å². The zero-order chi connectivity index (χ0) is 18.8. The fraction of sp³-hybridized carbons (Fsp3) is 0.154. The molecule has 1 heteroatoms. The highest BCUT2D eigenvalue weighted by atomic mass is 15.0. The van der Waals surface area contributed by atoms with E-state index in [4.69, 9.17) is 6.42 Å². The van der Waals surface area contributed by atoms with E-state index in [9.17, 15) is 0 Å². The van der Waals surface area contributed by atoms with Gasteiger partial charge in [-0.25, -0.2) is 0 Å². The summed E-state index contributed by atoms with van der Waals surface area (Å²) < 4.78 is 2.39. The maximum atomic E-state index is 6.07. The van der Waals surface area contributed by atoms with Crippen LogP contribution >= 0.6 is 0 Å². The lowest BCUT2D eigenvalue weighted by atomic mass is 9.75. The van der Waals surface area contributed by atoms with Gasteiger partial charge in [0.25, 0.3) is 0 Å². The van der Waals surface area contributed by atoms with Gasteiger partial charge in [-0.3, -0.25) is 0 Å². The highest BCUT2D eigenvalue weighted by molar-refractivity contribution is 6.00. The molecule has 0 aliphatic carbocycles. The Hall–Kier alpha value is -3.24. The number of fused-ring (bicyclic) bond motifs is 2. The minimum absolute atomic E-state index is 0.0701. The number of para-hydroxylation sites is 2. The number of aryl methyl sites for hydroxylation is 1. The maximum Gasteiger partial charge on any atom is 0.0700 e. The SMILES string of the molecule is C#Cc1c(-c2ccccc2C)n2c3c(cccc13)C(C)(C)c1ccccc1-2. The van der Waals surface area contributed by atoms with E-state index in [1.54, 1.807) is 0 Å². The van der Waals surface area contributed by atoms with Crippen molar-refractivity contribution in [3.8, 4) is 29.3 Å². The highest BCUT2D eigenvalue weighted by Gasteiger charge is 2.36. The third kappa shape index (κ3) is 1.96. The predicted octanol–water partition coefficient (Wildman–Crippen LogP) is 6.23. The summed E-state index contributed by atoms with van der Waals surface area (Å²) in [4.78, 5) is 0. The Balaban J connectivity index is 2.07. The van der Waals surface area contributed by atoms with Crippen LogP contribution in [0.2, 0.25) is 0 Å². The molecule has 1 nitrogen and oxygen atoms in total. The molecule has 0 saturated carbocycles. The third-order valence-corrected chi connectivity index (χ3v) is 6.03. The summed E-state index contributed by atoms with van der Waals surface area (Å²) in [6.07, 6.45) is 6.07. The Bertz CT molecular complexity index is 1260. The van der Waals surface area contributed by atoms with Gasteiger partial charge in [-0.05, 0) is 29.7 Å². The van der Waals surface area contributed by atoms with Gasteiger partial charge in [0.2, 0.25) is 0 Å². The first-order valence-electron chi connectivity index (χ1n) is 9.36. The van der Waals surface area contributed by atoms with Gasteiger partial charge in [0.05, 0.1) is 22.5 Å². The van der Waals surface area contributed by atoms with Crippen LogP contribution in [0.3, 0.4) is 0 Å². The molecule has 0 saturated heterocycles. The predicted molar refractivity (Wildman–Crippen MR) is 114 cm³/mol. The zero-order valence-electron chi connectivity index (χ0n) is 15.9. The molecule has 1 aliphatic rings. The van der Waals surface area contributed by atoms with Crippen LogP contribution in [0.25, 0.3) is 27.8 Å². The summed E-state index contributed by atoms with van der Waals surface area (Å²) in [6.45, 7) is 6.76. The lowest BCUT2D eigenvalue weighted by Gasteiger charge is -2.35. The quantitative estimate of drug-likeness (QED) is 0.360. The van der Waals surface area contributed by atoms with Crippen molar-refractivity contribution in [3.63, 3.8) is 0 Å². The second kappa shape index (κ2) is 5.38. The van der Waals surface area contributed by atoms with E-state index in [1.807, 2.05) is 0 Å². The third-order valence-electron chi connectivity index (χ3n) is 6.03. The van der Waals surface area contributed by atoms with E-state index in [0.29, 0.717) is 0 Å². The smallest absolute Gasteiger partial charge is 0.0700 e. The van der Waals surface area contributed by atoms with E-state index >= 15 is 0 Å². The minimum Gasteiger partial charge on any atom is -0.307 e. The summed E-state index contributed by atoms with van der Waals surface area (Å²) in [7, 11) is 0. The van der Waals surface area contributed by atoms with Crippen LogP contribution in [-0.2, 0) is 5.41 Å². The average molecular weight is 347 g/mol. The maximum absolute atomic E-state index is 6.07. The van der Waals surface area contributed by atoms with Crippen LogP contribution in [0.15, 0.2) is 66.7 Å². The van der Waals surface area contributed by atoms with Crippen molar-refractivity contribution in [1.29, 1.82) is 0 Å². The highest BCUT2D eigenvalue weighted by Crippen LogP contribution is 2.48. The van der Waals surface area contributed by atoms with Crippen molar-refractivity contribution in [2.75, 3.05) is 0 Å². The van der Waals surface area contributed by atoms with Crippen LogP contribution < -0.4 is 0 Å². The lowest BCUT2D eigenvalue weighted by Crippen LogP contribution is -2.26. The Kier molecular flexibility index (Phi) is 3.18.